The number of hydrogen-bond acceptors (Lipinski definition) is 4. The molecule has 2 rings (SSSR count). The van der Waals surface area contributed by atoms with E-state index in [2.05, 4.69) is 5.32 Å². The molecule has 0 unspecified atom stereocenters. The number of nitrogens with zero attached hydrogens (tertiary/aromatic N) is 1. The van der Waals surface area contributed by atoms with E-state index in [0.29, 0.717) is 16.4 Å². The molecule has 1 heterocycles. The quantitative estimate of drug-likeness (QED) is 0.877. The maximum atomic E-state index is 12.4. The van der Waals surface area contributed by atoms with Crippen LogP contribution in [0.4, 0.5) is 0 Å². The molecule has 22 heavy (non-hydrogen) atoms. The van der Waals surface area contributed by atoms with E-state index in [4.69, 9.17) is 16.3 Å². The van der Waals surface area contributed by atoms with Gasteiger partial charge in [0.15, 0.2) is 0 Å². The third-order valence-corrected chi connectivity index (χ3v) is 4.53. The Morgan fingerprint density at radius 2 is 2.00 bits per heavy atom. The zero-order valence-corrected chi connectivity index (χ0v) is 14.4. The number of methoxy groups -OCH3 is 1. The molecule has 0 radical (unpaired) electrons. The zero-order chi connectivity index (χ0) is 16.1. The van der Waals surface area contributed by atoms with Crippen molar-refractivity contribution in [3.8, 4) is 5.75 Å². The van der Waals surface area contributed by atoms with Crippen molar-refractivity contribution in [1.29, 1.82) is 0 Å². The van der Waals surface area contributed by atoms with Crippen LogP contribution in [0.1, 0.15) is 21.3 Å². The van der Waals surface area contributed by atoms with Crippen LogP contribution in [0.5, 0.6) is 5.75 Å². The molecule has 1 aromatic carbocycles. The fourth-order valence-electron chi connectivity index (χ4n) is 2.12. The van der Waals surface area contributed by atoms with E-state index in [1.54, 1.807) is 13.2 Å². The van der Waals surface area contributed by atoms with Crippen molar-refractivity contribution in [3.05, 3.63) is 51.2 Å². The van der Waals surface area contributed by atoms with E-state index in [1.807, 2.05) is 48.6 Å². The van der Waals surface area contributed by atoms with Gasteiger partial charge in [0, 0.05) is 6.54 Å². The molecule has 6 heteroatoms. The van der Waals surface area contributed by atoms with Gasteiger partial charge in [0.05, 0.1) is 18.2 Å². The standard InChI is InChI=1S/C16H19ClN2O2S/c1-19(2)10-14(11-4-6-12(21-3)7-5-11)18-16(20)15-13(17)8-9-22-15/h4-9,14H,10H2,1-3H3,(H,18,20)/t14-/m1/s1. The van der Waals surface area contributed by atoms with E-state index in [9.17, 15) is 4.79 Å². The molecule has 1 amide bonds. The molecule has 0 aliphatic heterocycles. The van der Waals surface area contributed by atoms with Crippen LogP contribution in [-0.2, 0) is 0 Å². The fraction of sp³-hybridized carbons (Fsp3) is 0.312. The molecule has 2 aromatic rings. The highest BCUT2D eigenvalue weighted by Crippen LogP contribution is 2.24. The average molecular weight is 339 g/mol. The van der Waals surface area contributed by atoms with Crippen LogP contribution < -0.4 is 10.1 Å². The molecule has 118 valence electrons. The average Bonchev–Trinajstić information content (AvgIpc) is 2.92. The van der Waals surface area contributed by atoms with E-state index in [-0.39, 0.29) is 11.9 Å². The number of hydrogen-bond donors (Lipinski definition) is 1. The van der Waals surface area contributed by atoms with E-state index < -0.39 is 0 Å². The monoisotopic (exact) mass is 338 g/mol. The topological polar surface area (TPSA) is 41.6 Å². The number of thiophene rings is 1. The minimum absolute atomic E-state index is 0.119. The number of rotatable bonds is 6. The van der Waals surface area contributed by atoms with Crippen molar-refractivity contribution in [3.63, 3.8) is 0 Å². The molecule has 0 saturated heterocycles. The number of benzene rings is 1. The lowest BCUT2D eigenvalue weighted by Crippen LogP contribution is -2.35. The number of halogens is 1. The Bertz CT molecular complexity index is 625. The maximum absolute atomic E-state index is 12.4. The predicted octanol–water partition coefficient (Wildman–Crippen LogP) is 3.44. The number of carbonyl (C=O) groups excluding carboxylic acids is 1. The Morgan fingerprint density at radius 1 is 1.32 bits per heavy atom. The van der Waals surface area contributed by atoms with Gasteiger partial charge < -0.3 is 15.0 Å². The summed E-state index contributed by atoms with van der Waals surface area (Å²) >= 11 is 7.37. The summed E-state index contributed by atoms with van der Waals surface area (Å²) < 4.78 is 5.17. The predicted molar refractivity (Wildman–Crippen MR) is 91.1 cm³/mol. The van der Waals surface area contributed by atoms with Gasteiger partial charge in [-0.25, -0.2) is 0 Å². The summed E-state index contributed by atoms with van der Waals surface area (Å²) in [7, 11) is 5.58. The van der Waals surface area contributed by atoms with Gasteiger partial charge >= 0.3 is 0 Å². The first kappa shape index (κ1) is 16.8. The van der Waals surface area contributed by atoms with Crippen LogP contribution in [0.3, 0.4) is 0 Å². The molecule has 0 fully saturated rings. The van der Waals surface area contributed by atoms with E-state index in [1.165, 1.54) is 11.3 Å². The fourth-order valence-corrected chi connectivity index (χ4v) is 3.16. The molecule has 1 aromatic heterocycles. The summed E-state index contributed by atoms with van der Waals surface area (Å²) in [5, 5.41) is 5.35. The van der Waals surface area contributed by atoms with Gasteiger partial charge in [-0.3, -0.25) is 4.79 Å². The summed E-state index contributed by atoms with van der Waals surface area (Å²) in [6.45, 7) is 0.695. The van der Waals surface area contributed by atoms with Crippen LogP contribution in [0.15, 0.2) is 35.7 Å². The molecule has 4 nitrogen and oxygen atoms in total. The largest absolute Gasteiger partial charge is 0.497 e. The van der Waals surface area contributed by atoms with Crippen molar-refractivity contribution in [2.75, 3.05) is 27.7 Å². The molecule has 0 spiro atoms. The molecule has 0 bridgehead atoms. The van der Waals surface area contributed by atoms with E-state index >= 15 is 0 Å². The van der Waals surface area contributed by atoms with Gasteiger partial charge in [-0.15, -0.1) is 11.3 Å². The summed E-state index contributed by atoms with van der Waals surface area (Å²) in [6.07, 6.45) is 0. The second-order valence-electron chi connectivity index (χ2n) is 5.16. The number of nitrogens with one attached hydrogen (secondary N) is 1. The zero-order valence-electron chi connectivity index (χ0n) is 12.8. The third-order valence-electron chi connectivity index (χ3n) is 3.19. The molecule has 0 aliphatic carbocycles. The van der Waals surface area contributed by atoms with Crippen molar-refractivity contribution in [2.45, 2.75) is 6.04 Å². The van der Waals surface area contributed by atoms with Crippen molar-refractivity contribution in [1.82, 2.24) is 10.2 Å². The first-order valence-electron chi connectivity index (χ1n) is 6.83. The molecular weight excluding hydrogens is 320 g/mol. The highest BCUT2D eigenvalue weighted by atomic mass is 35.5. The van der Waals surface area contributed by atoms with Crippen LogP contribution in [0, 0.1) is 0 Å². The van der Waals surface area contributed by atoms with Crippen molar-refractivity contribution in [2.24, 2.45) is 0 Å². The lowest BCUT2D eigenvalue weighted by Gasteiger charge is -2.23. The normalized spacial score (nSPS) is 12.2. The Labute approximate surface area is 139 Å². The van der Waals surface area contributed by atoms with Crippen molar-refractivity contribution >= 4 is 28.8 Å². The SMILES string of the molecule is COc1ccc([C@@H](CN(C)C)NC(=O)c2sccc2Cl)cc1. The Morgan fingerprint density at radius 3 is 2.50 bits per heavy atom. The summed E-state index contributed by atoms with van der Waals surface area (Å²) in [6, 6.07) is 9.32. The lowest BCUT2D eigenvalue weighted by molar-refractivity contribution is 0.0934. The summed E-state index contributed by atoms with van der Waals surface area (Å²) in [5.41, 5.74) is 1.02. The van der Waals surface area contributed by atoms with E-state index in [0.717, 1.165) is 11.3 Å². The summed E-state index contributed by atoms with van der Waals surface area (Å²) in [5.74, 6) is 0.641. The smallest absolute Gasteiger partial charge is 0.263 e. The molecule has 1 N–H and O–H groups in total. The van der Waals surface area contributed by atoms with Gasteiger partial charge in [0.1, 0.15) is 10.6 Å². The minimum Gasteiger partial charge on any atom is -0.497 e. The summed E-state index contributed by atoms with van der Waals surface area (Å²) in [4.78, 5) is 15.0. The number of ether oxygens (including phenoxy) is 1. The Kier molecular flexibility index (Phi) is 5.83. The number of carbonyl (C=O) groups is 1. The molecule has 0 saturated carbocycles. The first-order valence-corrected chi connectivity index (χ1v) is 8.09. The van der Waals surface area contributed by atoms with Gasteiger partial charge in [-0.05, 0) is 43.2 Å². The maximum Gasteiger partial charge on any atom is 0.263 e. The van der Waals surface area contributed by atoms with Crippen molar-refractivity contribution < 1.29 is 9.53 Å². The first-order chi connectivity index (χ1) is 10.5. The molecule has 1 atom stereocenters. The highest BCUT2D eigenvalue weighted by Gasteiger charge is 2.19. The van der Waals surface area contributed by atoms with Gasteiger partial charge in [0.25, 0.3) is 5.91 Å². The van der Waals surface area contributed by atoms with Crippen LogP contribution in [0.25, 0.3) is 0 Å². The van der Waals surface area contributed by atoms with Crippen LogP contribution in [0.2, 0.25) is 5.02 Å². The lowest BCUT2D eigenvalue weighted by atomic mass is 10.1. The minimum atomic E-state index is -0.150. The van der Waals surface area contributed by atoms with Crippen LogP contribution in [-0.4, -0.2) is 38.6 Å². The Hall–Kier alpha value is -1.56. The van der Waals surface area contributed by atoms with Crippen LogP contribution >= 0.6 is 22.9 Å². The Balaban J connectivity index is 2.18. The van der Waals surface area contributed by atoms with Gasteiger partial charge in [0.2, 0.25) is 0 Å². The highest BCUT2D eigenvalue weighted by molar-refractivity contribution is 7.12. The number of likely N-dealkylation sites (N-methyl/N-ethyl adjacent to an activating group) is 1. The second kappa shape index (κ2) is 7.63. The number of amides is 1. The molecular formula is C16H19ClN2O2S. The van der Waals surface area contributed by atoms with Gasteiger partial charge in [-0.2, -0.15) is 0 Å². The second-order valence-corrected chi connectivity index (χ2v) is 6.48. The molecule has 0 aliphatic rings. The van der Waals surface area contributed by atoms with Gasteiger partial charge in [-0.1, -0.05) is 23.7 Å². The third kappa shape index (κ3) is 4.22.